The van der Waals surface area contributed by atoms with E-state index in [1.807, 2.05) is 43.3 Å². The van der Waals surface area contributed by atoms with Gasteiger partial charge in [-0.1, -0.05) is 60.7 Å². The first-order valence-corrected chi connectivity index (χ1v) is 10.7. The number of rotatable bonds is 7. The Kier molecular flexibility index (Phi) is 5.92. The van der Waals surface area contributed by atoms with Gasteiger partial charge >= 0.3 is 15.6 Å². The predicted molar refractivity (Wildman–Crippen MR) is 115 cm³/mol. The van der Waals surface area contributed by atoms with Crippen LogP contribution >= 0.6 is 0 Å². The predicted octanol–water partition coefficient (Wildman–Crippen LogP) is 5.71. The molecule has 1 heterocycles. The second-order valence-corrected chi connectivity index (χ2v) is 7.74. The smallest absolute Gasteiger partial charge is 0.527 e. The van der Waals surface area contributed by atoms with E-state index < -0.39 is 0 Å². The SMILES string of the molecule is Cc1ccc2cccc(OC[CH2][Al][O]c3ccc(-c4ccccc4)cc3)c2n1. The van der Waals surface area contributed by atoms with E-state index in [2.05, 4.69) is 53.5 Å². The number of aromatic nitrogens is 1. The molecule has 0 spiro atoms. The van der Waals surface area contributed by atoms with E-state index in [1.165, 1.54) is 11.1 Å². The van der Waals surface area contributed by atoms with Crippen molar-refractivity contribution in [2.75, 3.05) is 6.61 Å². The van der Waals surface area contributed by atoms with Crippen LogP contribution in [-0.4, -0.2) is 27.1 Å². The largest absolute Gasteiger partial charge is 0.648 e. The molecule has 4 rings (SSSR count). The van der Waals surface area contributed by atoms with Gasteiger partial charge in [0.2, 0.25) is 0 Å². The molecule has 0 atom stereocenters. The van der Waals surface area contributed by atoms with Gasteiger partial charge in [0.15, 0.2) is 0 Å². The lowest BCUT2D eigenvalue weighted by Crippen LogP contribution is -2.08. The molecule has 0 N–H and O–H groups in total. The minimum atomic E-state index is -0.164. The first-order valence-electron chi connectivity index (χ1n) is 9.42. The van der Waals surface area contributed by atoms with Crippen molar-refractivity contribution in [1.82, 2.24) is 4.98 Å². The maximum atomic E-state index is 5.97. The normalized spacial score (nSPS) is 10.6. The van der Waals surface area contributed by atoms with Gasteiger partial charge in [-0.15, -0.1) is 0 Å². The van der Waals surface area contributed by atoms with Gasteiger partial charge in [0.25, 0.3) is 0 Å². The highest BCUT2D eigenvalue weighted by atomic mass is 27.1. The molecule has 1 aromatic heterocycles. The summed E-state index contributed by atoms with van der Waals surface area (Å²) in [5, 5.41) is 1.99. The summed E-state index contributed by atoms with van der Waals surface area (Å²) in [7, 11) is 0. The van der Waals surface area contributed by atoms with Crippen molar-refractivity contribution < 1.29 is 8.53 Å². The van der Waals surface area contributed by atoms with Gasteiger partial charge in [-0.2, -0.15) is 0 Å². The standard InChI is InChI=1S/C12H12NO.C12H10O.Al/c1-3-14-11-6-4-5-10-8-7-9(2)13-12(10)11;13-12-8-6-11(7-9-12)10-4-2-1-3-5-10;/h4-8H,1,3H2,2H3;1-9,13H;/q;;+1/p-1. The molecule has 0 saturated carbocycles. The molecule has 4 aromatic rings. The van der Waals surface area contributed by atoms with E-state index in [-0.39, 0.29) is 15.6 Å². The van der Waals surface area contributed by atoms with Crippen LogP contribution in [-0.2, 0) is 0 Å². The topological polar surface area (TPSA) is 31.4 Å². The van der Waals surface area contributed by atoms with Gasteiger partial charge < -0.3 is 8.53 Å². The summed E-state index contributed by atoms with van der Waals surface area (Å²) in [6.45, 7) is 2.63. The quantitative estimate of drug-likeness (QED) is 0.303. The molecule has 0 aliphatic carbocycles. The van der Waals surface area contributed by atoms with Crippen LogP contribution in [0, 0.1) is 6.92 Å². The molecule has 3 aromatic carbocycles. The molecular formula is C24H21AlNO2. The summed E-state index contributed by atoms with van der Waals surface area (Å²) in [6, 6.07) is 28.8. The number of ether oxygens (including phenoxy) is 1. The fourth-order valence-electron chi connectivity index (χ4n) is 3.06. The fraction of sp³-hybridized carbons (Fsp3) is 0.125. The molecule has 137 valence electrons. The van der Waals surface area contributed by atoms with E-state index in [0.29, 0.717) is 6.61 Å². The summed E-state index contributed by atoms with van der Waals surface area (Å²) < 4.78 is 11.9. The zero-order valence-electron chi connectivity index (χ0n) is 15.8. The second kappa shape index (κ2) is 8.93. The number of hydrogen-bond donors (Lipinski definition) is 0. The van der Waals surface area contributed by atoms with Crippen molar-refractivity contribution in [3.8, 4) is 22.6 Å². The van der Waals surface area contributed by atoms with Crippen LogP contribution in [0.2, 0.25) is 5.28 Å². The molecule has 0 amide bonds. The molecule has 0 aliphatic heterocycles. The highest BCUT2D eigenvalue weighted by Crippen LogP contribution is 2.24. The van der Waals surface area contributed by atoms with Gasteiger partial charge in [0.05, 0.1) is 12.4 Å². The number of para-hydroxylation sites is 1. The Labute approximate surface area is 172 Å². The number of benzene rings is 3. The molecule has 0 bridgehead atoms. The summed E-state index contributed by atoms with van der Waals surface area (Å²) in [5.41, 5.74) is 4.34. The first-order chi connectivity index (χ1) is 13.8. The van der Waals surface area contributed by atoms with Gasteiger partial charge in [-0.3, -0.25) is 0 Å². The second-order valence-electron chi connectivity index (χ2n) is 6.59. The van der Waals surface area contributed by atoms with Gasteiger partial charge in [0.1, 0.15) is 11.3 Å². The Bertz CT molecular complexity index is 1050. The van der Waals surface area contributed by atoms with Crippen molar-refractivity contribution in [1.29, 1.82) is 0 Å². The van der Waals surface area contributed by atoms with Crippen molar-refractivity contribution >= 4 is 26.5 Å². The van der Waals surface area contributed by atoms with Crippen molar-refractivity contribution in [3.05, 3.63) is 90.6 Å². The zero-order chi connectivity index (χ0) is 19.2. The Hall–Kier alpha value is -2.80. The lowest BCUT2D eigenvalue weighted by molar-refractivity contribution is 0.339. The van der Waals surface area contributed by atoms with E-state index in [0.717, 1.165) is 33.4 Å². The number of hydrogen-bond acceptors (Lipinski definition) is 3. The summed E-state index contributed by atoms with van der Waals surface area (Å²) >= 11 is -0.164. The minimum absolute atomic E-state index is 0.164. The van der Waals surface area contributed by atoms with E-state index in [9.17, 15) is 0 Å². The molecule has 28 heavy (non-hydrogen) atoms. The maximum Gasteiger partial charge on any atom is 0.527 e. The van der Waals surface area contributed by atoms with Crippen LogP contribution < -0.4 is 8.53 Å². The Morgan fingerprint density at radius 2 is 1.57 bits per heavy atom. The third-order valence-electron chi connectivity index (χ3n) is 4.50. The highest BCUT2D eigenvalue weighted by Gasteiger charge is 2.06. The van der Waals surface area contributed by atoms with Crippen molar-refractivity contribution in [2.24, 2.45) is 0 Å². The van der Waals surface area contributed by atoms with E-state index in [1.54, 1.807) is 0 Å². The Balaban J connectivity index is 1.28. The van der Waals surface area contributed by atoms with Gasteiger partial charge in [-0.05, 0) is 47.6 Å². The number of pyridine rings is 1. The van der Waals surface area contributed by atoms with Crippen molar-refractivity contribution in [2.45, 2.75) is 12.2 Å². The summed E-state index contributed by atoms with van der Waals surface area (Å²) in [5.74, 6) is 1.75. The third-order valence-corrected chi connectivity index (χ3v) is 5.41. The molecule has 3 nitrogen and oxygen atoms in total. The van der Waals surface area contributed by atoms with Crippen LogP contribution in [0.3, 0.4) is 0 Å². The van der Waals surface area contributed by atoms with Crippen LogP contribution in [0.5, 0.6) is 11.5 Å². The molecule has 0 saturated heterocycles. The van der Waals surface area contributed by atoms with Gasteiger partial charge in [0, 0.05) is 11.1 Å². The highest BCUT2D eigenvalue weighted by molar-refractivity contribution is 6.28. The molecular weight excluding hydrogens is 361 g/mol. The van der Waals surface area contributed by atoms with Crippen LogP contribution in [0.1, 0.15) is 5.69 Å². The summed E-state index contributed by atoms with van der Waals surface area (Å²) in [6.07, 6.45) is 0. The number of fused-ring (bicyclic) bond motifs is 1. The minimum Gasteiger partial charge on any atom is -0.648 e. The molecule has 0 unspecified atom stereocenters. The monoisotopic (exact) mass is 382 g/mol. The first kappa shape index (κ1) is 18.6. The average Bonchev–Trinajstić information content (AvgIpc) is 2.75. The third kappa shape index (κ3) is 4.54. The fourth-order valence-corrected chi connectivity index (χ4v) is 3.74. The molecule has 1 radical (unpaired) electrons. The number of nitrogens with zero attached hydrogens (tertiary/aromatic N) is 1. The van der Waals surface area contributed by atoms with Crippen LogP contribution in [0.4, 0.5) is 0 Å². The Morgan fingerprint density at radius 3 is 2.39 bits per heavy atom. The van der Waals surface area contributed by atoms with Crippen molar-refractivity contribution in [3.63, 3.8) is 0 Å². The van der Waals surface area contributed by atoms with E-state index in [4.69, 9.17) is 8.53 Å². The number of aryl methyl sites for hydroxylation is 1. The lowest BCUT2D eigenvalue weighted by atomic mass is 10.1. The average molecular weight is 382 g/mol. The molecule has 4 heteroatoms. The molecule has 0 fully saturated rings. The maximum absolute atomic E-state index is 5.97. The zero-order valence-corrected chi connectivity index (χ0v) is 17.0. The molecule has 0 aliphatic rings. The summed E-state index contributed by atoms with van der Waals surface area (Å²) in [4.78, 5) is 4.61. The Morgan fingerprint density at radius 1 is 0.786 bits per heavy atom. The van der Waals surface area contributed by atoms with Crippen LogP contribution in [0.25, 0.3) is 22.0 Å². The van der Waals surface area contributed by atoms with Crippen LogP contribution in [0.15, 0.2) is 84.9 Å². The lowest BCUT2D eigenvalue weighted by Gasteiger charge is -2.10. The van der Waals surface area contributed by atoms with Gasteiger partial charge in [-0.25, -0.2) is 4.98 Å². The van der Waals surface area contributed by atoms with E-state index >= 15 is 0 Å².